The number of para-hydroxylation sites is 5. The number of nitrogens with zero attached hydrogens (tertiary/aromatic N) is 3. The summed E-state index contributed by atoms with van der Waals surface area (Å²) in [4.78, 5) is 7.97. The number of anilines is 8. The number of aryl methyl sites for hydroxylation is 2. The Bertz CT molecular complexity index is 2940. The summed E-state index contributed by atoms with van der Waals surface area (Å²) in [5.41, 5.74) is 26.5. The third kappa shape index (κ3) is 4.22. The Morgan fingerprint density at radius 1 is 0.379 bits per heavy atom. The summed E-state index contributed by atoms with van der Waals surface area (Å²) < 4.78 is 2.61. The second-order valence-electron chi connectivity index (χ2n) is 16.3. The van der Waals surface area contributed by atoms with Gasteiger partial charge in [0.25, 0.3) is 0 Å². The van der Waals surface area contributed by atoms with Gasteiger partial charge in [-0.3, -0.25) is 0 Å². The van der Waals surface area contributed by atoms with Crippen molar-refractivity contribution in [3.63, 3.8) is 0 Å². The van der Waals surface area contributed by atoms with Crippen LogP contribution in [0.5, 0.6) is 0 Å². The first kappa shape index (κ1) is 33.8. The van der Waals surface area contributed by atoms with Gasteiger partial charge in [-0.05, 0) is 140 Å². The SMILES string of the molecule is Cc1ccccc1B1c2ccccc2N2c3ccccc3B3c4c(cc(I)c1c42)-c1cc(I)c2c4c1N3c1ccccc1N4c1ccccc1B2c1ccccc1C. The first-order valence-corrected chi connectivity index (χ1v) is 22.3. The molecule has 5 aliphatic rings. The molecule has 8 aromatic carbocycles. The zero-order chi connectivity index (χ0) is 38.6. The van der Waals surface area contributed by atoms with E-state index in [0.29, 0.717) is 0 Å². The lowest BCUT2D eigenvalue weighted by Crippen LogP contribution is -2.68. The van der Waals surface area contributed by atoms with E-state index >= 15 is 0 Å². The third-order valence-corrected chi connectivity index (χ3v) is 15.3. The van der Waals surface area contributed by atoms with Gasteiger partial charge in [-0.25, -0.2) is 0 Å². The van der Waals surface area contributed by atoms with Gasteiger partial charge in [0, 0.05) is 35.5 Å². The Hall–Kier alpha value is -5.19. The molecule has 58 heavy (non-hydrogen) atoms. The molecule has 0 unspecified atom stereocenters. The highest BCUT2D eigenvalue weighted by molar-refractivity contribution is 14.1. The third-order valence-electron chi connectivity index (χ3n) is 13.5. The summed E-state index contributed by atoms with van der Waals surface area (Å²) in [5.74, 6) is 0. The lowest BCUT2D eigenvalue weighted by molar-refractivity contribution is 1.20. The van der Waals surface area contributed by atoms with E-state index in [0.717, 1.165) is 0 Å². The van der Waals surface area contributed by atoms with Gasteiger partial charge in [0.1, 0.15) is 0 Å². The van der Waals surface area contributed by atoms with Gasteiger partial charge in [-0.1, -0.05) is 137 Å². The average Bonchev–Trinajstić information content (AvgIpc) is 3.25. The van der Waals surface area contributed by atoms with Gasteiger partial charge in [-0.15, -0.1) is 0 Å². The Morgan fingerprint density at radius 3 is 1.36 bits per heavy atom. The van der Waals surface area contributed by atoms with Crippen LogP contribution in [0.1, 0.15) is 11.1 Å². The van der Waals surface area contributed by atoms with Crippen molar-refractivity contribution < 1.29 is 0 Å². The quantitative estimate of drug-likeness (QED) is 0.130. The maximum atomic E-state index is 2.74. The van der Waals surface area contributed by atoms with E-state index < -0.39 is 0 Å². The van der Waals surface area contributed by atoms with Crippen LogP contribution in [-0.4, -0.2) is 20.3 Å². The summed E-state index contributed by atoms with van der Waals surface area (Å²) in [6.07, 6.45) is 0. The molecule has 0 aromatic heterocycles. The normalized spacial score (nSPS) is 14.3. The van der Waals surface area contributed by atoms with Crippen LogP contribution in [0.3, 0.4) is 0 Å². The summed E-state index contributed by atoms with van der Waals surface area (Å²) in [6.45, 7) is 4.71. The maximum Gasteiger partial charge on any atom is 0.333 e. The number of hydrogen-bond acceptors (Lipinski definition) is 3. The molecule has 270 valence electrons. The van der Waals surface area contributed by atoms with Gasteiger partial charge in [0.2, 0.25) is 13.4 Å². The molecule has 0 fully saturated rings. The zero-order valence-corrected chi connectivity index (χ0v) is 36.2. The topological polar surface area (TPSA) is 9.72 Å². The van der Waals surface area contributed by atoms with E-state index in [4.69, 9.17) is 0 Å². The Labute approximate surface area is 367 Å². The van der Waals surface area contributed by atoms with Gasteiger partial charge in [0.15, 0.2) is 0 Å². The maximum absolute atomic E-state index is 2.74. The number of rotatable bonds is 2. The Balaban J connectivity index is 1.20. The molecule has 5 heterocycles. The largest absolute Gasteiger partial charge is 0.373 e. The number of fused-ring (bicyclic) bond motifs is 12. The van der Waals surface area contributed by atoms with Crippen molar-refractivity contribution in [3.05, 3.63) is 176 Å². The highest BCUT2D eigenvalue weighted by Crippen LogP contribution is 2.58. The summed E-state index contributed by atoms with van der Waals surface area (Å²) in [5, 5.41) is 0. The predicted molar refractivity (Wildman–Crippen MR) is 266 cm³/mol. The van der Waals surface area contributed by atoms with E-state index in [1.165, 1.54) is 119 Å². The van der Waals surface area contributed by atoms with Crippen LogP contribution in [-0.2, 0) is 0 Å². The van der Waals surface area contributed by atoms with E-state index in [1.54, 1.807) is 0 Å². The fraction of sp³-hybridized carbons (Fsp3) is 0.0400. The fourth-order valence-electron chi connectivity index (χ4n) is 11.3. The monoisotopic (exact) mass is 961 g/mol. The van der Waals surface area contributed by atoms with E-state index in [1.807, 2.05) is 0 Å². The summed E-state index contributed by atoms with van der Waals surface area (Å²) in [6, 6.07) is 59.8. The molecule has 13 rings (SSSR count). The number of benzene rings is 8. The van der Waals surface area contributed by atoms with E-state index in [2.05, 4.69) is 231 Å². The molecule has 0 saturated heterocycles. The molecular weight excluding hydrogens is 929 g/mol. The van der Waals surface area contributed by atoms with Crippen LogP contribution in [0.15, 0.2) is 158 Å². The Morgan fingerprint density at radius 2 is 0.793 bits per heavy atom. The minimum Gasteiger partial charge on any atom is -0.373 e. The molecule has 0 amide bonds. The average molecular weight is 961 g/mol. The van der Waals surface area contributed by atoms with E-state index in [-0.39, 0.29) is 20.3 Å². The van der Waals surface area contributed by atoms with Crippen LogP contribution in [0.25, 0.3) is 11.1 Å². The predicted octanol–water partition coefficient (Wildman–Crippen LogP) is 7.66. The molecular formula is C50H32B3I2N3. The van der Waals surface area contributed by atoms with Gasteiger partial charge < -0.3 is 14.6 Å². The van der Waals surface area contributed by atoms with Gasteiger partial charge in [0.05, 0.1) is 22.7 Å². The highest BCUT2D eigenvalue weighted by atomic mass is 127. The lowest BCUT2D eigenvalue weighted by atomic mass is 9.32. The van der Waals surface area contributed by atoms with Crippen molar-refractivity contribution in [2.45, 2.75) is 13.8 Å². The van der Waals surface area contributed by atoms with E-state index in [9.17, 15) is 0 Å². The Kier molecular flexibility index (Phi) is 7.09. The second-order valence-corrected chi connectivity index (χ2v) is 18.6. The first-order valence-electron chi connectivity index (χ1n) is 20.1. The van der Waals surface area contributed by atoms with Crippen LogP contribution in [0.4, 0.5) is 45.5 Å². The standard InChI is InChI=1S/C50H32B3I2N3/c1-29-15-3-5-17-33(29)51-35-19-7-10-22-40(35)56-42-24-12-9-21-37(42)53-45-31(27-38(54)46(51)49(45)56)32-28-39(55)47-50-48(32)58(53)44-26-14-13-25-43(44)57(50)41-23-11-8-20-36(41)52(47)34-18-6-4-16-30(34)2/h3-28H,1-2H3. The first-order chi connectivity index (χ1) is 28.5. The van der Waals surface area contributed by atoms with Crippen molar-refractivity contribution in [1.29, 1.82) is 0 Å². The van der Waals surface area contributed by atoms with Gasteiger partial charge >= 0.3 is 6.85 Å². The van der Waals surface area contributed by atoms with Crippen molar-refractivity contribution in [2.75, 3.05) is 14.6 Å². The highest BCUT2D eigenvalue weighted by Gasteiger charge is 2.54. The van der Waals surface area contributed by atoms with Crippen molar-refractivity contribution in [2.24, 2.45) is 0 Å². The molecule has 0 N–H and O–H groups in total. The lowest BCUT2D eigenvalue weighted by Gasteiger charge is -2.53. The molecule has 0 aliphatic carbocycles. The minimum absolute atomic E-state index is 0.0370. The molecule has 5 aliphatic heterocycles. The minimum atomic E-state index is -0.0370. The van der Waals surface area contributed by atoms with Crippen molar-refractivity contribution >= 4 is 155 Å². The number of hydrogen-bond donors (Lipinski definition) is 0. The molecule has 8 heteroatoms. The fourth-order valence-corrected chi connectivity index (χ4v) is 13.0. The smallest absolute Gasteiger partial charge is 0.333 e. The van der Waals surface area contributed by atoms with Crippen molar-refractivity contribution in [1.82, 2.24) is 0 Å². The van der Waals surface area contributed by atoms with Crippen LogP contribution in [0, 0.1) is 21.0 Å². The number of halogens is 2. The molecule has 0 atom stereocenters. The molecule has 3 nitrogen and oxygen atoms in total. The van der Waals surface area contributed by atoms with Crippen LogP contribution >= 0.6 is 45.2 Å². The van der Waals surface area contributed by atoms with Crippen molar-refractivity contribution in [3.8, 4) is 11.1 Å². The molecule has 0 spiro atoms. The molecule has 0 saturated carbocycles. The molecule has 0 bridgehead atoms. The summed E-state index contributed by atoms with van der Waals surface area (Å²) in [7, 11) is 0. The van der Waals surface area contributed by atoms with Gasteiger partial charge in [-0.2, -0.15) is 0 Å². The molecule has 0 radical (unpaired) electrons. The van der Waals surface area contributed by atoms with Crippen LogP contribution in [0.2, 0.25) is 0 Å². The molecule has 8 aromatic rings. The zero-order valence-electron chi connectivity index (χ0n) is 31.8. The summed E-state index contributed by atoms with van der Waals surface area (Å²) >= 11 is 5.35. The second kappa shape index (κ2) is 12.2. The van der Waals surface area contributed by atoms with Crippen LogP contribution < -0.4 is 58.3 Å².